The number of carbonyl (C=O) groups excluding carboxylic acids is 1. The third kappa shape index (κ3) is 2.77. The Bertz CT molecular complexity index is 1200. The Morgan fingerprint density at radius 3 is 2.82 bits per heavy atom. The molecule has 3 heterocycles. The summed E-state index contributed by atoms with van der Waals surface area (Å²) in [5, 5.41) is 10.6. The van der Waals surface area contributed by atoms with Crippen molar-refractivity contribution >= 4 is 23.1 Å². The molecular formula is C21H16FN5O. The average molecular weight is 373 g/mol. The van der Waals surface area contributed by atoms with E-state index < -0.39 is 0 Å². The Morgan fingerprint density at radius 2 is 1.93 bits per heavy atom. The number of nitrogens with one attached hydrogen (secondary N) is 2. The van der Waals surface area contributed by atoms with Crippen LogP contribution in [0.25, 0.3) is 16.9 Å². The smallest absolute Gasteiger partial charge is 0.226 e. The average Bonchev–Trinajstić information content (AvgIpc) is 3.17. The van der Waals surface area contributed by atoms with Crippen molar-refractivity contribution in [1.29, 1.82) is 0 Å². The molecule has 1 aliphatic rings. The number of carbonyl (C=O) groups is 1. The van der Waals surface area contributed by atoms with Gasteiger partial charge in [-0.3, -0.25) is 4.79 Å². The van der Waals surface area contributed by atoms with Crippen molar-refractivity contribution in [3.63, 3.8) is 0 Å². The van der Waals surface area contributed by atoms with Gasteiger partial charge in [-0.05, 0) is 23.8 Å². The van der Waals surface area contributed by atoms with Crippen molar-refractivity contribution in [2.24, 2.45) is 0 Å². The highest BCUT2D eigenvalue weighted by molar-refractivity contribution is 5.95. The lowest BCUT2D eigenvalue weighted by molar-refractivity contribution is -0.116. The predicted molar refractivity (Wildman–Crippen MR) is 104 cm³/mol. The summed E-state index contributed by atoms with van der Waals surface area (Å²) >= 11 is 0. The summed E-state index contributed by atoms with van der Waals surface area (Å²) in [5.74, 6) is 0.242. The zero-order chi connectivity index (χ0) is 19.1. The van der Waals surface area contributed by atoms with Gasteiger partial charge in [0.05, 0.1) is 24.4 Å². The maximum Gasteiger partial charge on any atom is 0.226 e. The zero-order valence-electron chi connectivity index (χ0n) is 14.8. The molecule has 7 heteroatoms. The number of amides is 1. The topological polar surface area (TPSA) is 71.3 Å². The third-order valence-electron chi connectivity index (χ3n) is 4.83. The molecule has 0 saturated heterocycles. The number of hydrogen-bond donors (Lipinski definition) is 2. The second kappa shape index (κ2) is 6.45. The van der Waals surface area contributed by atoms with Gasteiger partial charge in [0.1, 0.15) is 11.6 Å². The molecule has 1 aliphatic heterocycles. The minimum atomic E-state index is -0.341. The molecule has 2 aromatic heterocycles. The molecule has 0 fully saturated rings. The molecule has 0 radical (unpaired) electrons. The molecule has 2 aromatic carbocycles. The molecule has 1 atom stereocenters. The Balaban J connectivity index is 1.61. The van der Waals surface area contributed by atoms with Crippen LogP contribution in [0.5, 0.6) is 0 Å². The van der Waals surface area contributed by atoms with Crippen molar-refractivity contribution in [3.05, 3.63) is 78.2 Å². The minimum absolute atomic E-state index is 0.0590. The van der Waals surface area contributed by atoms with Crippen LogP contribution in [0.2, 0.25) is 0 Å². The molecular weight excluding hydrogens is 357 g/mol. The number of para-hydroxylation sites is 1. The van der Waals surface area contributed by atoms with Crippen LogP contribution in [0.4, 0.5) is 15.9 Å². The van der Waals surface area contributed by atoms with Gasteiger partial charge in [0.15, 0.2) is 5.65 Å². The molecule has 5 rings (SSSR count). The Kier molecular flexibility index (Phi) is 3.79. The standard InChI is InChI=1S/C21H16FN5O/c22-15-7-3-1-5-13(15)17-11-20(27-19(24-17)9-10-23-27)25-18-12-21(28)26-16-8-4-2-6-14(16)18/h1-11,18,25H,12H2,(H,26,28)/t18-/m0/s1. The van der Waals surface area contributed by atoms with Gasteiger partial charge in [-0.2, -0.15) is 9.61 Å². The largest absolute Gasteiger partial charge is 0.362 e. The van der Waals surface area contributed by atoms with Crippen LogP contribution in [-0.4, -0.2) is 20.5 Å². The number of benzene rings is 2. The van der Waals surface area contributed by atoms with E-state index in [-0.39, 0.29) is 24.2 Å². The molecule has 2 N–H and O–H groups in total. The molecule has 4 aromatic rings. The summed E-state index contributed by atoms with van der Waals surface area (Å²) in [6, 6.07) is 17.5. The third-order valence-corrected chi connectivity index (χ3v) is 4.83. The second-order valence-corrected chi connectivity index (χ2v) is 6.64. The molecule has 0 unspecified atom stereocenters. The van der Waals surface area contributed by atoms with E-state index in [2.05, 4.69) is 20.7 Å². The number of anilines is 2. The van der Waals surface area contributed by atoms with Crippen LogP contribution >= 0.6 is 0 Å². The van der Waals surface area contributed by atoms with E-state index in [1.807, 2.05) is 24.3 Å². The summed E-state index contributed by atoms with van der Waals surface area (Å²) in [5.41, 5.74) is 3.29. The fourth-order valence-electron chi connectivity index (χ4n) is 3.54. The summed E-state index contributed by atoms with van der Waals surface area (Å²) in [4.78, 5) is 16.7. The predicted octanol–water partition coefficient (Wildman–Crippen LogP) is 4.03. The lowest BCUT2D eigenvalue weighted by Gasteiger charge is -2.27. The van der Waals surface area contributed by atoms with Crippen molar-refractivity contribution < 1.29 is 9.18 Å². The van der Waals surface area contributed by atoms with Crippen LogP contribution in [0, 0.1) is 5.82 Å². The monoisotopic (exact) mass is 373 g/mol. The number of fused-ring (bicyclic) bond motifs is 2. The van der Waals surface area contributed by atoms with E-state index in [4.69, 9.17) is 0 Å². The van der Waals surface area contributed by atoms with E-state index in [0.29, 0.717) is 22.7 Å². The summed E-state index contributed by atoms with van der Waals surface area (Å²) in [7, 11) is 0. The van der Waals surface area contributed by atoms with Gasteiger partial charge in [0.2, 0.25) is 5.91 Å². The normalized spacial score (nSPS) is 15.9. The van der Waals surface area contributed by atoms with Gasteiger partial charge in [-0.1, -0.05) is 30.3 Å². The number of halogens is 1. The number of rotatable bonds is 3. The molecule has 138 valence electrons. The maximum atomic E-state index is 14.3. The van der Waals surface area contributed by atoms with E-state index in [1.165, 1.54) is 6.07 Å². The lowest BCUT2D eigenvalue weighted by Crippen LogP contribution is -2.27. The van der Waals surface area contributed by atoms with Crippen molar-refractivity contribution in [2.45, 2.75) is 12.5 Å². The first-order valence-corrected chi connectivity index (χ1v) is 8.94. The Hall–Kier alpha value is -3.74. The summed E-state index contributed by atoms with van der Waals surface area (Å²) in [6.45, 7) is 0. The number of hydrogen-bond acceptors (Lipinski definition) is 4. The highest BCUT2D eigenvalue weighted by Crippen LogP contribution is 2.34. The fourth-order valence-corrected chi connectivity index (χ4v) is 3.54. The van der Waals surface area contributed by atoms with Gasteiger partial charge < -0.3 is 10.6 Å². The quantitative estimate of drug-likeness (QED) is 0.569. The van der Waals surface area contributed by atoms with Gasteiger partial charge in [-0.15, -0.1) is 0 Å². The Morgan fingerprint density at radius 1 is 1.11 bits per heavy atom. The zero-order valence-corrected chi connectivity index (χ0v) is 14.8. The van der Waals surface area contributed by atoms with Crippen molar-refractivity contribution in [2.75, 3.05) is 10.6 Å². The lowest BCUT2D eigenvalue weighted by atomic mass is 9.97. The first-order valence-electron chi connectivity index (χ1n) is 8.94. The van der Waals surface area contributed by atoms with E-state index in [0.717, 1.165) is 11.3 Å². The highest BCUT2D eigenvalue weighted by atomic mass is 19.1. The van der Waals surface area contributed by atoms with Crippen LogP contribution in [0.15, 0.2) is 66.9 Å². The SMILES string of the molecule is O=C1C[C@H](Nc2cc(-c3ccccc3F)nc3ccnn23)c2ccccc2N1. The van der Waals surface area contributed by atoms with Crippen LogP contribution in [0.3, 0.4) is 0 Å². The number of nitrogens with zero attached hydrogens (tertiary/aromatic N) is 3. The van der Waals surface area contributed by atoms with Gasteiger partial charge in [-0.25, -0.2) is 9.37 Å². The van der Waals surface area contributed by atoms with E-state index >= 15 is 0 Å². The number of aromatic nitrogens is 3. The first kappa shape index (κ1) is 16.4. The van der Waals surface area contributed by atoms with E-state index in [9.17, 15) is 9.18 Å². The summed E-state index contributed by atoms with van der Waals surface area (Å²) in [6.07, 6.45) is 1.93. The molecule has 0 bridgehead atoms. The molecule has 0 saturated carbocycles. The molecule has 0 aliphatic carbocycles. The molecule has 6 nitrogen and oxygen atoms in total. The Labute approximate surface area is 160 Å². The fraction of sp³-hybridized carbons (Fsp3) is 0.0952. The highest BCUT2D eigenvalue weighted by Gasteiger charge is 2.25. The van der Waals surface area contributed by atoms with Crippen molar-refractivity contribution in [1.82, 2.24) is 14.6 Å². The van der Waals surface area contributed by atoms with Crippen LogP contribution < -0.4 is 10.6 Å². The van der Waals surface area contributed by atoms with E-state index in [1.54, 1.807) is 41.0 Å². The second-order valence-electron chi connectivity index (χ2n) is 6.64. The molecule has 28 heavy (non-hydrogen) atoms. The maximum absolute atomic E-state index is 14.3. The summed E-state index contributed by atoms with van der Waals surface area (Å²) < 4.78 is 16.0. The van der Waals surface area contributed by atoms with Crippen molar-refractivity contribution in [3.8, 4) is 11.3 Å². The van der Waals surface area contributed by atoms with Crippen LogP contribution in [-0.2, 0) is 4.79 Å². The van der Waals surface area contributed by atoms with Gasteiger partial charge in [0.25, 0.3) is 0 Å². The first-order chi connectivity index (χ1) is 13.7. The van der Waals surface area contributed by atoms with Gasteiger partial charge in [0, 0.05) is 23.4 Å². The molecule has 0 spiro atoms. The minimum Gasteiger partial charge on any atom is -0.362 e. The van der Waals surface area contributed by atoms with Gasteiger partial charge >= 0.3 is 0 Å². The molecule has 1 amide bonds. The van der Waals surface area contributed by atoms with Crippen LogP contribution in [0.1, 0.15) is 18.0 Å².